The molecule has 1 saturated carbocycles. The van der Waals surface area contributed by atoms with Crippen molar-refractivity contribution in [2.45, 2.75) is 37.7 Å². The van der Waals surface area contributed by atoms with Crippen LogP contribution in [-0.4, -0.2) is 48.8 Å². The number of nitrogens with one attached hydrogen (secondary N) is 1. The zero-order valence-electron chi connectivity index (χ0n) is 9.84. The quantitative estimate of drug-likeness (QED) is 0.724. The van der Waals surface area contributed by atoms with E-state index in [0.717, 1.165) is 31.8 Å². The van der Waals surface area contributed by atoms with Gasteiger partial charge in [-0.05, 0) is 64.7 Å². The van der Waals surface area contributed by atoms with Crippen LogP contribution in [0.15, 0.2) is 0 Å². The highest BCUT2D eigenvalue weighted by Gasteiger charge is 2.33. The van der Waals surface area contributed by atoms with Crippen LogP contribution >= 0.6 is 0 Å². The van der Waals surface area contributed by atoms with Gasteiger partial charge in [-0.2, -0.15) is 0 Å². The summed E-state index contributed by atoms with van der Waals surface area (Å²) in [6.07, 6.45) is 5.80. The number of piperidine rings is 1. The fraction of sp³-hybridized carbons (Fsp3) is 1.00. The molecule has 0 amide bonds. The molecule has 1 saturated heterocycles. The molecule has 2 N–H and O–H groups in total. The lowest BCUT2D eigenvalue weighted by molar-refractivity contribution is -0.0320. The van der Waals surface area contributed by atoms with Crippen LogP contribution in [0.4, 0.5) is 0 Å². The van der Waals surface area contributed by atoms with Crippen molar-refractivity contribution >= 4 is 0 Å². The second-order valence-corrected chi connectivity index (χ2v) is 5.46. The van der Waals surface area contributed by atoms with Gasteiger partial charge in [-0.3, -0.25) is 0 Å². The molecule has 0 bridgehead atoms. The highest BCUT2D eigenvalue weighted by atomic mass is 16.3. The monoisotopic (exact) mass is 212 g/mol. The summed E-state index contributed by atoms with van der Waals surface area (Å²) in [6, 6.07) is 0. The number of hydrogen-bond acceptors (Lipinski definition) is 3. The van der Waals surface area contributed by atoms with E-state index in [1.165, 1.54) is 32.4 Å². The first-order chi connectivity index (χ1) is 7.18. The topological polar surface area (TPSA) is 35.5 Å². The van der Waals surface area contributed by atoms with Crippen molar-refractivity contribution in [1.29, 1.82) is 0 Å². The van der Waals surface area contributed by atoms with Gasteiger partial charge in [-0.1, -0.05) is 0 Å². The number of rotatable bonds is 4. The minimum Gasteiger partial charge on any atom is -0.389 e. The molecule has 3 heteroatoms. The molecule has 2 rings (SSSR count). The van der Waals surface area contributed by atoms with Gasteiger partial charge in [0.05, 0.1) is 5.60 Å². The van der Waals surface area contributed by atoms with Gasteiger partial charge in [-0.15, -0.1) is 0 Å². The highest BCUT2D eigenvalue weighted by molar-refractivity contribution is 4.89. The van der Waals surface area contributed by atoms with Crippen LogP contribution in [0.2, 0.25) is 0 Å². The second-order valence-electron chi connectivity index (χ2n) is 5.46. The third-order valence-electron chi connectivity index (χ3n) is 4.01. The zero-order valence-corrected chi connectivity index (χ0v) is 9.84. The molecule has 88 valence electrons. The first-order valence-corrected chi connectivity index (χ1v) is 6.30. The zero-order chi connectivity index (χ0) is 10.7. The average Bonchev–Trinajstić information content (AvgIpc) is 2.19. The van der Waals surface area contributed by atoms with Crippen LogP contribution in [0.1, 0.15) is 32.1 Å². The molecule has 0 aromatic carbocycles. The van der Waals surface area contributed by atoms with Crippen LogP contribution in [0.25, 0.3) is 0 Å². The summed E-state index contributed by atoms with van der Waals surface area (Å²) in [4.78, 5) is 2.40. The SMILES string of the molecule is CN1CCC(CNCC2(O)CCC2)CC1. The van der Waals surface area contributed by atoms with E-state index >= 15 is 0 Å². The van der Waals surface area contributed by atoms with Crippen LogP contribution in [0.5, 0.6) is 0 Å². The number of likely N-dealkylation sites (tertiary alicyclic amines) is 1. The molecular weight excluding hydrogens is 188 g/mol. The average molecular weight is 212 g/mol. The Hall–Kier alpha value is -0.120. The van der Waals surface area contributed by atoms with Crippen molar-refractivity contribution in [1.82, 2.24) is 10.2 Å². The Bertz CT molecular complexity index is 196. The maximum atomic E-state index is 9.91. The normalized spacial score (nSPS) is 27.6. The molecule has 1 aliphatic carbocycles. The molecule has 2 aliphatic rings. The molecule has 0 aromatic rings. The molecular formula is C12H24N2O. The molecule has 0 radical (unpaired) electrons. The molecule has 15 heavy (non-hydrogen) atoms. The van der Waals surface area contributed by atoms with Gasteiger partial charge < -0.3 is 15.3 Å². The van der Waals surface area contributed by atoms with Crippen molar-refractivity contribution in [2.75, 3.05) is 33.2 Å². The molecule has 0 aromatic heterocycles. The highest BCUT2D eigenvalue weighted by Crippen LogP contribution is 2.30. The smallest absolute Gasteiger partial charge is 0.0771 e. The van der Waals surface area contributed by atoms with Crippen molar-refractivity contribution in [3.8, 4) is 0 Å². The lowest BCUT2D eigenvalue weighted by Crippen LogP contribution is -2.47. The Morgan fingerprint density at radius 2 is 2.00 bits per heavy atom. The van der Waals surface area contributed by atoms with E-state index in [1.807, 2.05) is 0 Å². The van der Waals surface area contributed by atoms with Gasteiger partial charge in [-0.25, -0.2) is 0 Å². The van der Waals surface area contributed by atoms with E-state index < -0.39 is 0 Å². The Morgan fingerprint density at radius 3 is 2.53 bits per heavy atom. The number of nitrogens with zero attached hydrogens (tertiary/aromatic N) is 1. The Labute approximate surface area is 92.8 Å². The summed E-state index contributed by atoms with van der Waals surface area (Å²) >= 11 is 0. The van der Waals surface area contributed by atoms with Gasteiger partial charge in [0.15, 0.2) is 0 Å². The minimum absolute atomic E-state index is 0.356. The Kier molecular flexibility index (Phi) is 3.65. The standard InChI is InChI=1S/C12H24N2O/c1-14-7-3-11(4-8-14)9-13-10-12(15)5-2-6-12/h11,13,15H,2-10H2,1H3. The summed E-state index contributed by atoms with van der Waals surface area (Å²) < 4.78 is 0. The van der Waals surface area contributed by atoms with Gasteiger partial charge in [0.25, 0.3) is 0 Å². The first-order valence-electron chi connectivity index (χ1n) is 6.30. The third kappa shape index (κ3) is 3.16. The Morgan fingerprint density at radius 1 is 1.33 bits per heavy atom. The summed E-state index contributed by atoms with van der Waals surface area (Å²) in [5.74, 6) is 0.824. The lowest BCUT2D eigenvalue weighted by atomic mass is 9.80. The summed E-state index contributed by atoms with van der Waals surface area (Å²) in [7, 11) is 2.20. The lowest BCUT2D eigenvalue weighted by Gasteiger charge is -2.37. The van der Waals surface area contributed by atoms with E-state index in [-0.39, 0.29) is 5.60 Å². The fourth-order valence-electron chi connectivity index (χ4n) is 2.54. The van der Waals surface area contributed by atoms with Crippen LogP contribution in [-0.2, 0) is 0 Å². The number of hydrogen-bond donors (Lipinski definition) is 2. The summed E-state index contributed by atoms with van der Waals surface area (Å²) in [5.41, 5.74) is -0.356. The second kappa shape index (κ2) is 4.81. The summed E-state index contributed by atoms with van der Waals surface area (Å²) in [6.45, 7) is 4.36. The number of aliphatic hydroxyl groups is 1. The van der Waals surface area contributed by atoms with E-state index in [4.69, 9.17) is 0 Å². The molecule has 2 fully saturated rings. The third-order valence-corrected chi connectivity index (χ3v) is 4.01. The van der Waals surface area contributed by atoms with E-state index in [9.17, 15) is 5.11 Å². The van der Waals surface area contributed by atoms with Crippen molar-refractivity contribution < 1.29 is 5.11 Å². The maximum Gasteiger partial charge on any atom is 0.0771 e. The Balaban J connectivity index is 1.57. The molecule has 3 nitrogen and oxygen atoms in total. The molecule has 1 heterocycles. The van der Waals surface area contributed by atoms with Crippen LogP contribution < -0.4 is 5.32 Å². The van der Waals surface area contributed by atoms with Gasteiger partial charge in [0, 0.05) is 6.54 Å². The minimum atomic E-state index is -0.356. The van der Waals surface area contributed by atoms with Crippen molar-refractivity contribution in [3.05, 3.63) is 0 Å². The summed E-state index contributed by atoms with van der Waals surface area (Å²) in [5, 5.41) is 13.4. The van der Waals surface area contributed by atoms with Gasteiger partial charge in [0.2, 0.25) is 0 Å². The first kappa shape index (κ1) is 11.4. The van der Waals surface area contributed by atoms with Crippen LogP contribution in [0.3, 0.4) is 0 Å². The molecule has 0 atom stereocenters. The predicted molar refractivity (Wildman–Crippen MR) is 61.9 cm³/mol. The van der Waals surface area contributed by atoms with Gasteiger partial charge >= 0.3 is 0 Å². The maximum absolute atomic E-state index is 9.91. The fourth-order valence-corrected chi connectivity index (χ4v) is 2.54. The van der Waals surface area contributed by atoms with E-state index in [1.54, 1.807) is 0 Å². The molecule has 1 aliphatic heterocycles. The predicted octanol–water partition coefficient (Wildman–Crippen LogP) is 0.833. The van der Waals surface area contributed by atoms with E-state index in [0.29, 0.717) is 0 Å². The molecule has 0 spiro atoms. The van der Waals surface area contributed by atoms with Gasteiger partial charge in [0.1, 0.15) is 0 Å². The van der Waals surface area contributed by atoms with Crippen molar-refractivity contribution in [3.63, 3.8) is 0 Å². The largest absolute Gasteiger partial charge is 0.389 e. The van der Waals surface area contributed by atoms with Crippen molar-refractivity contribution in [2.24, 2.45) is 5.92 Å². The van der Waals surface area contributed by atoms with Crippen LogP contribution in [0, 0.1) is 5.92 Å². The molecule has 0 unspecified atom stereocenters. The van der Waals surface area contributed by atoms with E-state index in [2.05, 4.69) is 17.3 Å².